The van der Waals surface area contributed by atoms with E-state index in [4.69, 9.17) is 22.7 Å². The van der Waals surface area contributed by atoms with Crippen LogP contribution in [-0.4, -0.2) is 4.99 Å². The van der Waals surface area contributed by atoms with E-state index in [0.29, 0.717) is 16.7 Å². The van der Waals surface area contributed by atoms with Gasteiger partial charge in [-0.15, -0.1) is 0 Å². The number of hydrogen-bond acceptors (Lipinski definition) is 2. The molecular weight excluding hydrogens is 266 g/mol. The highest BCUT2D eigenvalue weighted by atomic mass is 32.1. The van der Waals surface area contributed by atoms with Crippen LogP contribution in [0.25, 0.3) is 0 Å². The van der Waals surface area contributed by atoms with Gasteiger partial charge in [0.2, 0.25) is 0 Å². The van der Waals surface area contributed by atoms with Gasteiger partial charge in [-0.2, -0.15) is 0 Å². The molecule has 0 heterocycles. The van der Waals surface area contributed by atoms with E-state index in [-0.39, 0.29) is 0 Å². The molecule has 2 aromatic rings. The summed E-state index contributed by atoms with van der Waals surface area (Å²) in [6.07, 6.45) is 0. The first-order chi connectivity index (χ1) is 9.49. The van der Waals surface area contributed by atoms with E-state index in [9.17, 15) is 0 Å². The van der Waals surface area contributed by atoms with Crippen LogP contribution in [0.2, 0.25) is 0 Å². The Morgan fingerprint density at radius 2 is 1.80 bits per heavy atom. The highest BCUT2D eigenvalue weighted by Gasteiger charge is 2.12. The minimum atomic E-state index is 0.347. The minimum Gasteiger partial charge on any atom is -0.456 e. The third-order valence-electron chi connectivity index (χ3n) is 3.16. The van der Waals surface area contributed by atoms with Crippen molar-refractivity contribution in [3.05, 3.63) is 59.2 Å². The summed E-state index contributed by atoms with van der Waals surface area (Å²) in [5, 5.41) is 0. The number of nitrogens with two attached hydrogens (primary N) is 1. The maximum absolute atomic E-state index is 6.08. The lowest BCUT2D eigenvalue weighted by Gasteiger charge is -2.16. The van der Waals surface area contributed by atoms with E-state index in [1.807, 2.05) is 30.3 Å². The van der Waals surface area contributed by atoms with Crippen LogP contribution in [0.3, 0.4) is 0 Å². The molecule has 2 N–H and O–H groups in total. The van der Waals surface area contributed by atoms with Crippen molar-refractivity contribution in [2.45, 2.75) is 26.7 Å². The molecule has 2 aromatic carbocycles. The van der Waals surface area contributed by atoms with Crippen molar-refractivity contribution in [2.75, 3.05) is 0 Å². The van der Waals surface area contributed by atoms with Gasteiger partial charge in [0, 0.05) is 0 Å². The average Bonchev–Trinajstić information content (AvgIpc) is 2.38. The Balaban J connectivity index is 2.45. The quantitative estimate of drug-likeness (QED) is 0.837. The van der Waals surface area contributed by atoms with Gasteiger partial charge in [-0.25, -0.2) is 0 Å². The van der Waals surface area contributed by atoms with E-state index in [1.54, 1.807) is 0 Å². The highest BCUT2D eigenvalue weighted by Crippen LogP contribution is 2.32. The second kappa shape index (κ2) is 6.06. The maximum atomic E-state index is 6.08. The van der Waals surface area contributed by atoms with Gasteiger partial charge in [0.15, 0.2) is 0 Å². The Morgan fingerprint density at radius 1 is 1.10 bits per heavy atom. The summed E-state index contributed by atoms with van der Waals surface area (Å²) in [7, 11) is 0. The number of para-hydroxylation sites is 1. The van der Waals surface area contributed by atoms with Crippen LogP contribution in [0.15, 0.2) is 42.5 Å². The van der Waals surface area contributed by atoms with Crippen LogP contribution in [-0.2, 0) is 0 Å². The van der Waals surface area contributed by atoms with Crippen LogP contribution in [0.4, 0.5) is 0 Å². The number of aryl methyl sites for hydroxylation is 1. The van der Waals surface area contributed by atoms with Gasteiger partial charge in [-0.3, -0.25) is 0 Å². The molecular formula is C17H19NOS. The summed E-state index contributed by atoms with van der Waals surface area (Å²) >= 11 is 5.07. The Kier molecular flexibility index (Phi) is 4.40. The van der Waals surface area contributed by atoms with Crippen molar-refractivity contribution in [1.29, 1.82) is 0 Å². The average molecular weight is 285 g/mol. The number of ether oxygens (including phenoxy) is 1. The van der Waals surface area contributed by atoms with Crippen LogP contribution in [0, 0.1) is 6.92 Å². The molecule has 0 aliphatic carbocycles. The van der Waals surface area contributed by atoms with E-state index in [1.165, 1.54) is 5.56 Å². The van der Waals surface area contributed by atoms with Gasteiger partial charge in [0.1, 0.15) is 16.5 Å². The Morgan fingerprint density at radius 3 is 2.45 bits per heavy atom. The summed E-state index contributed by atoms with van der Waals surface area (Å²) in [5.74, 6) is 1.96. The highest BCUT2D eigenvalue weighted by molar-refractivity contribution is 7.80. The lowest BCUT2D eigenvalue weighted by molar-refractivity contribution is 0.472. The zero-order valence-electron chi connectivity index (χ0n) is 12.0. The number of thiocarbonyl (C=S) groups is 1. The fourth-order valence-corrected chi connectivity index (χ4v) is 2.25. The molecule has 0 spiro atoms. The summed E-state index contributed by atoms with van der Waals surface area (Å²) < 4.78 is 6.08. The molecule has 2 rings (SSSR count). The number of hydrogen-bond donors (Lipinski definition) is 1. The first-order valence-corrected chi connectivity index (χ1v) is 7.07. The fraction of sp³-hybridized carbons (Fsp3) is 0.235. The normalized spacial score (nSPS) is 10.6. The molecule has 0 aromatic heterocycles. The molecule has 0 saturated heterocycles. The standard InChI is InChI=1S/C17H19NOS/c1-11(2)13-9-8-12(3)10-16(13)19-15-7-5-4-6-14(15)17(18)20/h4-11H,1-3H3,(H2,18,20). The van der Waals surface area contributed by atoms with Gasteiger partial charge in [0.05, 0.1) is 5.56 Å². The summed E-state index contributed by atoms with van der Waals surface area (Å²) in [5.41, 5.74) is 8.85. The maximum Gasteiger partial charge on any atom is 0.137 e. The molecule has 0 radical (unpaired) electrons. The van der Waals surface area contributed by atoms with Gasteiger partial charge in [-0.1, -0.05) is 50.3 Å². The largest absolute Gasteiger partial charge is 0.456 e. The topological polar surface area (TPSA) is 35.2 Å². The van der Waals surface area contributed by atoms with Crippen LogP contribution in [0.1, 0.15) is 36.5 Å². The molecule has 0 atom stereocenters. The van der Waals surface area contributed by atoms with E-state index in [2.05, 4.69) is 32.9 Å². The van der Waals surface area contributed by atoms with E-state index in [0.717, 1.165) is 16.9 Å². The first kappa shape index (κ1) is 14.5. The third-order valence-corrected chi connectivity index (χ3v) is 3.38. The fourth-order valence-electron chi connectivity index (χ4n) is 2.08. The summed E-state index contributed by atoms with van der Waals surface area (Å²) in [6.45, 7) is 6.35. The molecule has 0 aliphatic rings. The Hall–Kier alpha value is -1.87. The van der Waals surface area contributed by atoms with Crippen molar-refractivity contribution in [1.82, 2.24) is 0 Å². The van der Waals surface area contributed by atoms with Gasteiger partial charge < -0.3 is 10.5 Å². The molecule has 104 valence electrons. The molecule has 0 aliphatic heterocycles. The predicted molar refractivity (Wildman–Crippen MR) is 87.7 cm³/mol. The minimum absolute atomic E-state index is 0.347. The molecule has 3 heteroatoms. The van der Waals surface area contributed by atoms with Crippen molar-refractivity contribution in [2.24, 2.45) is 5.73 Å². The molecule has 0 amide bonds. The molecule has 2 nitrogen and oxygen atoms in total. The summed E-state index contributed by atoms with van der Waals surface area (Å²) in [4.78, 5) is 0.347. The van der Waals surface area contributed by atoms with Gasteiger partial charge in [0.25, 0.3) is 0 Å². The van der Waals surface area contributed by atoms with E-state index < -0.39 is 0 Å². The zero-order chi connectivity index (χ0) is 14.7. The van der Waals surface area contributed by atoms with Crippen molar-refractivity contribution in [3.8, 4) is 11.5 Å². The van der Waals surface area contributed by atoms with E-state index >= 15 is 0 Å². The third kappa shape index (κ3) is 3.17. The smallest absolute Gasteiger partial charge is 0.137 e. The SMILES string of the molecule is Cc1ccc(C(C)C)c(Oc2ccccc2C(N)=S)c1. The summed E-state index contributed by atoms with van der Waals surface area (Å²) in [6, 6.07) is 13.8. The van der Waals surface area contributed by atoms with Crippen molar-refractivity contribution < 1.29 is 4.74 Å². The molecule has 20 heavy (non-hydrogen) atoms. The second-order valence-electron chi connectivity index (χ2n) is 5.16. The predicted octanol–water partition coefficient (Wildman–Crippen LogP) is 4.54. The Labute approximate surface area is 125 Å². The number of benzene rings is 2. The second-order valence-corrected chi connectivity index (χ2v) is 5.60. The monoisotopic (exact) mass is 285 g/mol. The first-order valence-electron chi connectivity index (χ1n) is 6.66. The molecule has 0 unspecified atom stereocenters. The van der Waals surface area contributed by atoms with Gasteiger partial charge in [-0.05, 0) is 42.2 Å². The number of rotatable bonds is 4. The molecule has 0 saturated carbocycles. The lowest BCUT2D eigenvalue weighted by atomic mass is 10.0. The molecule has 0 bridgehead atoms. The van der Waals surface area contributed by atoms with Crippen molar-refractivity contribution in [3.63, 3.8) is 0 Å². The van der Waals surface area contributed by atoms with Crippen LogP contribution >= 0.6 is 12.2 Å². The van der Waals surface area contributed by atoms with Gasteiger partial charge >= 0.3 is 0 Å². The van der Waals surface area contributed by atoms with Crippen LogP contribution < -0.4 is 10.5 Å². The van der Waals surface area contributed by atoms with Crippen LogP contribution in [0.5, 0.6) is 11.5 Å². The zero-order valence-corrected chi connectivity index (χ0v) is 12.8. The molecule has 0 fully saturated rings. The van der Waals surface area contributed by atoms with Crippen molar-refractivity contribution >= 4 is 17.2 Å². The lowest BCUT2D eigenvalue weighted by Crippen LogP contribution is -2.10. The Bertz CT molecular complexity index is 635.